The Kier molecular flexibility index (Phi) is 3.36. The molecule has 7 nitrogen and oxygen atoms in total. The Morgan fingerprint density at radius 1 is 1.71 bits per heavy atom. The number of guanidine groups is 1. The maximum absolute atomic E-state index is 9.94. The van der Waals surface area contributed by atoms with Crippen LogP contribution in [0.3, 0.4) is 0 Å². The molecule has 0 aliphatic rings. The smallest absolute Gasteiger partial charge is 0.252 e. The first-order valence-electron chi connectivity index (χ1n) is 3.79. The van der Waals surface area contributed by atoms with Crippen molar-refractivity contribution >= 4 is 5.96 Å². The van der Waals surface area contributed by atoms with Gasteiger partial charge in [0.1, 0.15) is 0 Å². The van der Waals surface area contributed by atoms with Crippen LogP contribution >= 0.6 is 0 Å². The van der Waals surface area contributed by atoms with E-state index in [1.54, 1.807) is 29.8 Å². The number of pyridine rings is 1. The van der Waals surface area contributed by atoms with Crippen LogP contribution in [0.25, 0.3) is 0 Å². The maximum atomic E-state index is 9.94. The van der Waals surface area contributed by atoms with E-state index in [1.807, 2.05) is 0 Å². The second kappa shape index (κ2) is 4.75. The number of nitrogens with one attached hydrogen (secondary N) is 1. The number of hydrogen-bond acceptors (Lipinski definition) is 4. The number of hydrogen-bond donors (Lipinski definition) is 2. The molecular formula is C7H9N5O2. The standard InChI is InChI=1S/C7H9N5O2/c8-7(11-12(13)14)10-5-6-3-1-2-4-9-6/h1-4H,5H2,(H3,8,10,11). The molecule has 0 aliphatic carbocycles. The largest absolute Gasteiger partial charge is 0.365 e. The second-order valence-corrected chi connectivity index (χ2v) is 2.39. The third-order valence-corrected chi connectivity index (χ3v) is 1.34. The van der Waals surface area contributed by atoms with Crippen LogP contribution in [0, 0.1) is 10.1 Å². The van der Waals surface area contributed by atoms with Crippen molar-refractivity contribution in [2.75, 3.05) is 0 Å². The topological polar surface area (TPSA) is 106 Å². The summed E-state index contributed by atoms with van der Waals surface area (Å²) in [7, 11) is 0. The molecule has 14 heavy (non-hydrogen) atoms. The molecule has 7 heteroatoms. The minimum absolute atomic E-state index is 0.216. The lowest BCUT2D eigenvalue weighted by Gasteiger charge is -1.96. The maximum Gasteiger partial charge on any atom is 0.252 e. The first kappa shape index (κ1) is 9.90. The summed E-state index contributed by atoms with van der Waals surface area (Å²) in [5.74, 6) is -0.236. The van der Waals surface area contributed by atoms with E-state index < -0.39 is 5.03 Å². The summed E-state index contributed by atoms with van der Waals surface area (Å²) >= 11 is 0. The number of hydrazine groups is 1. The molecule has 0 spiro atoms. The van der Waals surface area contributed by atoms with Gasteiger partial charge in [0, 0.05) is 6.20 Å². The van der Waals surface area contributed by atoms with E-state index in [-0.39, 0.29) is 12.5 Å². The molecule has 0 unspecified atom stereocenters. The zero-order valence-corrected chi connectivity index (χ0v) is 7.25. The van der Waals surface area contributed by atoms with E-state index in [2.05, 4.69) is 9.98 Å². The van der Waals surface area contributed by atoms with Gasteiger partial charge in [0.15, 0.2) is 5.03 Å². The van der Waals surface area contributed by atoms with Gasteiger partial charge in [-0.3, -0.25) is 4.98 Å². The molecular weight excluding hydrogens is 186 g/mol. The Labute approximate surface area is 79.8 Å². The van der Waals surface area contributed by atoms with Crippen LogP contribution in [-0.2, 0) is 6.54 Å². The highest BCUT2D eigenvalue weighted by atomic mass is 16.7. The van der Waals surface area contributed by atoms with Crippen LogP contribution in [0.4, 0.5) is 0 Å². The number of nitro groups is 1. The Balaban J connectivity index is 2.51. The van der Waals surface area contributed by atoms with Gasteiger partial charge in [-0.15, -0.1) is 0 Å². The van der Waals surface area contributed by atoms with Gasteiger partial charge in [-0.2, -0.15) is 0 Å². The Morgan fingerprint density at radius 2 is 2.50 bits per heavy atom. The molecule has 0 fully saturated rings. The van der Waals surface area contributed by atoms with Gasteiger partial charge in [0.25, 0.3) is 5.96 Å². The fraction of sp³-hybridized carbons (Fsp3) is 0.143. The molecule has 1 heterocycles. The fourth-order valence-electron chi connectivity index (χ4n) is 0.787. The van der Waals surface area contributed by atoms with E-state index in [0.29, 0.717) is 5.69 Å². The van der Waals surface area contributed by atoms with E-state index >= 15 is 0 Å². The molecule has 0 atom stereocenters. The zero-order chi connectivity index (χ0) is 10.4. The minimum Gasteiger partial charge on any atom is -0.365 e. The van der Waals surface area contributed by atoms with Gasteiger partial charge in [-0.05, 0) is 12.1 Å². The van der Waals surface area contributed by atoms with Crippen LogP contribution in [-0.4, -0.2) is 16.0 Å². The lowest BCUT2D eigenvalue weighted by molar-refractivity contribution is -0.525. The fourth-order valence-corrected chi connectivity index (χ4v) is 0.787. The average Bonchev–Trinajstić information content (AvgIpc) is 2.15. The van der Waals surface area contributed by atoms with Crippen molar-refractivity contribution in [3.05, 3.63) is 40.2 Å². The quantitative estimate of drug-likeness (QED) is 0.297. The molecule has 0 aromatic carbocycles. The van der Waals surface area contributed by atoms with Crippen LogP contribution < -0.4 is 11.2 Å². The third kappa shape index (κ3) is 3.48. The summed E-state index contributed by atoms with van der Waals surface area (Å²) in [4.78, 5) is 17.6. The summed E-state index contributed by atoms with van der Waals surface area (Å²) in [6.07, 6.45) is 1.61. The summed E-state index contributed by atoms with van der Waals surface area (Å²) in [6, 6.07) is 5.32. The van der Waals surface area contributed by atoms with E-state index in [4.69, 9.17) is 5.73 Å². The van der Waals surface area contributed by atoms with Gasteiger partial charge in [-0.1, -0.05) is 11.5 Å². The zero-order valence-electron chi connectivity index (χ0n) is 7.25. The Morgan fingerprint density at radius 3 is 3.07 bits per heavy atom. The average molecular weight is 195 g/mol. The van der Waals surface area contributed by atoms with Gasteiger partial charge < -0.3 is 5.73 Å². The highest BCUT2D eigenvalue weighted by Gasteiger charge is 1.98. The van der Waals surface area contributed by atoms with Crippen molar-refractivity contribution < 1.29 is 5.03 Å². The molecule has 0 aliphatic heterocycles. The molecule has 1 aromatic heterocycles. The van der Waals surface area contributed by atoms with Crippen molar-refractivity contribution in [1.82, 2.24) is 10.4 Å². The summed E-state index contributed by atoms with van der Waals surface area (Å²) in [5.41, 5.74) is 7.62. The highest BCUT2D eigenvalue weighted by molar-refractivity contribution is 5.76. The Bertz CT molecular complexity index is 337. The number of aliphatic imine (C=N–C) groups is 1. The third-order valence-electron chi connectivity index (χ3n) is 1.34. The van der Waals surface area contributed by atoms with Crippen LogP contribution in [0.1, 0.15) is 5.69 Å². The van der Waals surface area contributed by atoms with Crippen molar-refractivity contribution in [2.45, 2.75) is 6.54 Å². The SMILES string of the molecule is NC(=NCc1ccccn1)N[N+](=O)[O-]. The monoisotopic (exact) mass is 195 g/mol. The normalized spacial score (nSPS) is 11.0. The van der Waals surface area contributed by atoms with Crippen molar-refractivity contribution in [1.29, 1.82) is 0 Å². The van der Waals surface area contributed by atoms with E-state index in [9.17, 15) is 10.1 Å². The van der Waals surface area contributed by atoms with E-state index in [1.165, 1.54) is 0 Å². The van der Waals surface area contributed by atoms with Crippen LogP contribution in [0.5, 0.6) is 0 Å². The first-order chi connectivity index (χ1) is 6.68. The Hall–Kier alpha value is -2.18. The van der Waals surface area contributed by atoms with Gasteiger partial charge in [-0.25, -0.2) is 15.1 Å². The van der Waals surface area contributed by atoms with Crippen molar-refractivity contribution in [2.24, 2.45) is 10.7 Å². The second-order valence-electron chi connectivity index (χ2n) is 2.39. The molecule has 74 valence electrons. The van der Waals surface area contributed by atoms with E-state index in [0.717, 1.165) is 0 Å². The van der Waals surface area contributed by atoms with Crippen molar-refractivity contribution in [3.8, 4) is 0 Å². The van der Waals surface area contributed by atoms with Gasteiger partial charge in [0.2, 0.25) is 0 Å². The molecule has 0 bridgehead atoms. The minimum atomic E-state index is -0.767. The molecule has 1 aromatic rings. The lowest BCUT2D eigenvalue weighted by Crippen LogP contribution is -2.36. The number of nitrogens with zero attached hydrogens (tertiary/aromatic N) is 3. The number of aromatic nitrogens is 1. The molecule has 1 rings (SSSR count). The highest BCUT2D eigenvalue weighted by Crippen LogP contribution is 1.94. The number of rotatable bonds is 3. The van der Waals surface area contributed by atoms with Crippen LogP contribution in [0.2, 0.25) is 0 Å². The molecule has 0 saturated carbocycles. The van der Waals surface area contributed by atoms with Crippen LogP contribution in [0.15, 0.2) is 29.4 Å². The van der Waals surface area contributed by atoms with Gasteiger partial charge in [0.05, 0.1) is 12.2 Å². The molecule has 0 radical (unpaired) electrons. The molecule has 0 amide bonds. The van der Waals surface area contributed by atoms with Crippen molar-refractivity contribution in [3.63, 3.8) is 0 Å². The predicted octanol–water partition coefficient (Wildman–Crippen LogP) is -0.322. The molecule has 3 N–H and O–H groups in total. The van der Waals surface area contributed by atoms with Gasteiger partial charge >= 0.3 is 0 Å². The molecule has 0 saturated heterocycles. The summed E-state index contributed by atoms with van der Waals surface area (Å²) in [5, 5.41) is 9.17. The predicted molar refractivity (Wildman–Crippen MR) is 49.7 cm³/mol. The summed E-state index contributed by atoms with van der Waals surface area (Å²) < 4.78 is 0. The lowest BCUT2D eigenvalue weighted by atomic mass is 10.3. The summed E-state index contributed by atoms with van der Waals surface area (Å²) in [6.45, 7) is 0.216. The number of nitrogens with two attached hydrogens (primary N) is 1. The first-order valence-corrected chi connectivity index (χ1v) is 3.79.